The van der Waals surface area contributed by atoms with Crippen LogP contribution >= 0.6 is 0 Å². The Labute approximate surface area is 159 Å². The Bertz CT molecular complexity index is 762. The van der Waals surface area contributed by atoms with Crippen molar-refractivity contribution in [2.24, 2.45) is 0 Å². The lowest BCUT2D eigenvalue weighted by atomic mass is 10.1. The van der Waals surface area contributed by atoms with Crippen LogP contribution in [0.5, 0.6) is 11.5 Å². The van der Waals surface area contributed by atoms with Crippen LogP contribution in [-0.2, 0) is 9.59 Å². The molecule has 0 saturated heterocycles. The van der Waals surface area contributed by atoms with Gasteiger partial charge in [-0.3, -0.25) is 20.4 Å². The maximum atomic E-state index is 12.1. The third kappa shape index (κ3) is 6.66. The summed E-state index contributed by atoms with van der Waals surface area (Å²) >= 11 is 0. The second kappa shape index (κ2) is 10.2. The van der Waals surface area contributed by atoms with Gasteiger partial charge in [0.1, 0.15) is 11.5 Å². The molecule has 0 bridgehead atoms. The molecule has 0 aliphatic rings. The Morgan fingerprint density at radius 1 is 1.00 bits per heavy atom. The number of amides is 2. The highest BCUT2D eigenvalue weighted by Crippen LogP contribution is 2.21. The van der Waals surface area contributed by atoms with Crippen molar-refractivity contribution in [2.75, 3.05) is 6.61 Å². The van der Waals surface area contributed by atoms with Gasteiger partial charge < -0.3 is 9.47 Å². The van der Waals surface area contributed by atoms with Crippen molar-refractivity contribution in [2.45, 2.75) is 39.7 Å². The van der Waals surface area contributed by atoms with Crippen molar-refractivity contribution >= 4 is 11.8 Å². The molecule has 0 spiro atoms. The quantitative estimate of drug-likeness (QED) is 0.553. The number of ether oxygens (including phenoxy) is 2. The van der Waals surface area contributed by atoms with Gasteiger partial charge in [-0.1, -0.05) is 30.3 Å². The smallest absolute Gasteiger partial charge is 0.279 e. The van der Waals surface area contributed by atoms with E-state index in [-0.39, 0.29) is 12.3 Å². The molecule has 144 valence electrons. The van der Waals surface area contributed by atoms with Crippen LogP contribution in [0.15, 0.2) is 48.5 Å². The number of nitrogens with one attached hydrogen (secondary N) is 2. The van der Waals surface area contributed by atoms with Crippen LogP contribution in [0.2, 0.25) is 0 Å². The number of aryl methyl sites for hydroxylation is 1. The van der Waals surface area contributed by atoms with E-state index in [1.807, 2.05) is 62.4 Å². The van der Waals surface area contributed by atoms with Crippen LogP contribution in [0, 0.1) is 13.8 Å². The van der Waals surface area contributed by atoms with E-state index in [2.05, 4.69) is 10.9 Å². The average molecular weight is 370 g/mol. The highest BCUT2D eigenvalue weighted by atomic mass is 16.5. The largest absolute Gasteiger partial charge is 0.494 e. The van der Waals surface area contributed by atoms with E-state index < -0.39 is 12.0 Å². The molecule has 0 fully saturated rings. The van der Waals surface area contributed by atoms with Crippen molar-refractivity contribution < 1.29 is 19.1 Å². The van der Waals surface area contributed by atoms with E-state index in [0.717, 1.165) is 16.9 Å². The second-order valence-corrected chi connectivity index (χ2v) is 6.26. The molecule has 1 unspecified atom stereocenters. The number of para-hydroxylation sites is 1. The fourth-order valence-corrected chi connectivity index (χ4v) is 2.33. The topological polar surface area (TPSA) is 76.7 Å². The molecule has 2 amide bonds. The number of carbonyl (C=O) groups excluding carboxylic acids is 2. The van der Waals surface area contributed by atoms with Crippen LogP contribution < -0.4 is 20.3 Å². The van der Waals surface area contributed by atoms with Crippen molar-refractivity contribution in [3.05, 3.63) is 59.7 Å². The number of hydrogen-bond donors (Lipinski definition) is 2. The standard InChI is InChI=1S/C21H26N2O4/c1-15-9-7-12-19(16(15)2)27-17(3)21(25)23-22-20(24)13-8-14-26-18-10-5-4-6-11-18/h4-7,9-12,17H,8,13-14H2,1-3H3,(H,22,24)(H,23,25). The maximum absolute atomic E-state index is 12.1. The van der Waals surface area contributed by atoms with Crippen molar-refractivity contribution in [1.29, 1.82) is 0 Å². The highest BCUT2D eigenvalue weighted by molar-refractivity contribution is 5.84. The van der Waals surface area contributed by atoms with E-state index in [1.54, 1.807) is 6.92 Å². The predicted molar refractivity (Wildman–Crippen MR) is 103 cm³/mol. The zero-order valence-corrected chi connectivity index (χ0v) is 16.0. The molecule has 0 radical (unpaired) electrons. The van der Waals surface area contributed by atoms with Gasteiger partial charge in [-0.25, -0.2) is 0 Å². The Morgan fingerprint density at radius 3 is 2.48 bits per heavy atom. The summed E-state index contributed by atoms with van der Waals surface area (Å²) in [4.78, 5) is 23.9. The molecule has 2 N–H and O–H groups in total. The number of carbonyl (C=O) groups is 2. The monoisotopic (exact) mass is 370 g/mol. The first kappa shape index (κ1) is 20.3. The maximum Gasteiger partial charge on any atom is 0.279 e. The molecule has 2 aromatic rings. The molecule has 0 aliphatic heterocycles. The summed E-state index contributed by atoms with van der Waals surface area (Å²) < 4.78 is 11.2. The van der Waals surface area contributed by atoms with Crippen LogP contribution in [-0.4, -0.2) is 24.5 Å². The average Bonchev–Trinajstić information content (AvgIpc) is 2.67. The lowest BCUT2D eigenvalue weighted by molar-refractivity contribution is -0.132. The molecule has 2 rings (SSSR count). The van der Waals surface area contributed by atoms with Crippen LogP contribution in [0.1, 0.15) is 30.9 Å². The summed E-state index contributed by atoms with van der Waals surface area (Å²) in [6.45, 7) is 5.98. The summed E-state index contributed by atoms with van der Waals surface area (Å²) in [5, 5.41) is 0. The summed E-state index contributed by atoms with van der Waals surface area (Å²) in [5.74, 6) is 0.731. The SMILES string of the molecule is Cc1cccc(OC(C)C(=O)NNC(=O)CCCOc2ccccc2)c1C. The Balaban J connectivity index is 1.66. The second-order valence-electron chi connectivity index (χ2n) is 6.26. The van der Waals surface area contributed by atoms with Crippen molar-refractivity contribution in [3.63, 3.8) is 0 Å². The van der Waals surface area contributed by atoms with Gasteiger partial charge in [-0.05, 0) is 56.5 Å². The molecule has 0 saturated carbocycles. The van der Waals surface area contributed by atoms with E-state index in [0.29, 0.717) is 18.8 Å². The summed E-state index contributed by atoms with van der Waals surface area (Å²) in [7, 11) is 0. The van der Waals surface area contributed by atoms with E-state index in [1.165, 1.54) is 0 Å². The van der Waals surface area contributed by atoms with E-state index >= 15 is 0 Å². The third-order valence-electron chi connectivity index (χ3n) is 4.11. The highest BCUT2D eigenvalue weighted by Gasteiger charge is 2.16. The predicted octanol–water partition coefficient (Wildman–Crippen LogP) is 3.08. The van der Waals surface area contributed by atoms with Crippen molar-refractivity contribution in [1.82, 2.24) is 10.9 Å². The minimum atomic E-state index is -0.729. The van der Waals surface area contributed by atoms with Gasteiger partial charge in [0, 0.05) is 6.42 Å². The minimum absolute atomic E-state index is 0.249. The minimum Gasteiger partial charge on any atom is -0.494 e. The number of hydrazine groups is 1. The molecular formula is C21H26N2O4. The van der Waals surface area contributed by atoms with Crippen molar-refractivity contribution in [3.8, 4) is 11.5 Å². The van der Waals surface area contributed by atoms with Gasteiger partial charge in [0.2, 0.25) is 5.91 Å². The molecule has 6 heteroatoms. The molecule has 0 heterocycles. The van der Waals surface area contributed by atoms with Gasteiger partial charge in [-0.15, -0.1) is 0 Å². The Hall–Kier alpha value is -3.02. The number of rotatable bonds is 8. The summed E-state index contributed by atoms with van der Waals surface area (Å²) in [5.41, 5.74) is 6.87. The number of benzene rings is 2. The lowest BCUT2D eigenvalue weighted by Gasteiger charge is -2.17. The molecule has 2 aromatic carbocycles. The zero-order valence-electron chi connectivity index (χ0n) is 16.0. The summed E-state index contributed by atoms with van der Waals surface area (Å²) in [6, 6.07) is 15.1. The molecule has 1 atom stereocenters. The van der Waals surface area contributed by atoms with Gasteiger partial charge in [0.05, 0.1) is 6.61 Å². The lowest BCUT2D eigenvalue weighted by Crippen LogP contribution is -2.47. The molecule has 0 aromatic heterocycles. The zero-order chi connectivity index (χ0) is 19.6. The van der Waals surface area contributed by atoms with Gasteiger partial charge in [-0.2, -0.15) is 0 Å². The first-order valence-corrected chi connectivity index (χ1v) is 8.97. The molecular weight excluding hydrogens is 344 g/mol. The Kier molecular flexibility index (Phi) is 7.67. The third-order valence-corrected chi connectivity index (χ3v) is 4.11. The van der Waals surface area contributed by atoms with Crippen LogP contribution in [0.25, 0.3) is 0 Å². The number of hydrogen-bond acceptors (Lipinski definition) is 4. The summed E-state index contributed by atoms with van der Waals surface area (Å²) in [6.07, 6.45) is 0.0667. The molecule has 27 heavy (non-hydrogen) atoms. The van der Waals surface area contributed by atoms with Crippen LogP contribution in [0.3, 0.4) is 0 Å². The first-order valence-electron chi connectivity index (χ1n) is 8.97. The van der Waals surface area contributed by atoms with Gasteiger partial charge in [0.25, 0.3) is 5.91 Å². The normalized spacial score (nSPS) is 11.4. The first-order chi connectivity index (χ1) is 13.0. The van der Waals surface area contributed by atoms with Crippen LogP contribution in [0.4, 0.5) is 0 Å². The molecule has 0 aliphatic carbocycles. The Morgan fingerprint density at radius 2 is 1.74 bits per heavy atom. The fourth-order valence-electron chi connectivity index (χ4n) is 2.33. The van der Waals surface area contributed by atoms with Gasteiger partial charge >= 0.3 is 0 Å². The fraction of sp³-hybridized carbons (Fsp3) is 0.333. The molecule has 6 nitrogen and oxygen atoms in total. The van der Waals surface area contributed by atoms with E-state index in [9.17, 15) is 9.59 Å². The van der Waals surface area contributed by atoms with E-state index in [4.69, 9.17) is 9.47 Å². The van der Waals surface area contributed by atoms with Gasteiger partial charge in [0.15, 0.2) is 6.10 Å².